The summed E-state index contributed by atoms with van der Waals surface area (Å²) in [5.41, 5.74) is 7.52. The van der Waals surface area contributed by atoms with E-state index in [2.05, 4.69) is 23.6 Å². The number of nitrogens with two attached hydrogens (primary N) is 1. The largest absolute Gasteiger partial charge is 0.496 e. The molecule has 1 unspecified atom stereocenters. The average Bonchev–Trinajstić information content (AvgIpc) is 2.96. The van der Waals surface area contributed by atoms with Crippen molar-refractivity contribution in [3.05, 3.63) is 58.7 Å². The summed E-state index contributed by atoms with van der Waals surface area (Å²) < 4.78 is 10.9. The lowest BCUT2D eigenvalue weighted by atomic mass is 9.95. The highest BCUT2D eigenvalue weighted by Crippen LogP contribution is 2.31. The van der Waals surface area contributed by atoms with E-state index >= 15 is 0 Å². The molecule has 0 fully saturated rings. The summed E-state index contributed by atoms with van der Waals surface area (Å²) in [6.07, 6.45) is 0.960. The van der Waals surface area contributed by atoms with Crippen LogP contribution in [0.15, 0.2) is 36.4 Å². The Morgan fingerprint density at radius 3 is 2.67 bits per heavy atom. The van der Waals surface area contributed by atoms with Crippen molar-refractivity contribution >= 4 is 0 Å². The summed E-state index contributed by atoms with van der Waals surface area (Å²) in [6, 6.07) is 12.3. The molecule has 0 radical (unpaired) electrons. The standard InChI is InChI=1S/C17H20N2O2/c1-11-9-13(3-5-15(11)20-2)17(19-18)14-4-6-16-12(10-14)7-8-21-16/h3-6,9-10,17,19H,7-8,18H2,1-2H3. The molecule has 2 aromatic rings. The van der Waals surface area contributed by atoms with E-state index in [1.165, 1.54) is 5.56 Å². The summed E-state index contributed by atoms with van der Waals surface area (Å²) in [5.74, 6) is 7.66. The van der Waals surface area contributed by atoms with Crippen molar-refractivity contribution in [3.63, 3.8) is 0 Å². The topological polar surface area (TPSA) is 56.5 Å². The van der Waals surface area contributed by atoms with Gasteiger partial charge in [0.05, 0.1) is 19.8 Å². The van der Waals surface area contributed by atoms with Gasteiger partial charge in [0.25, 0.3) is 0 Å². The monoisotopic (exact) mass is 284 g/mol. The van der Waals surface area contributed by atoms with Gasteiger partial charge in [-0.25, -0.2) is 5.43 Å². The summed E-state index contributed by atoms with van der Waals surface area (Å²) in [5, 5.41) is 0. The number of aryl methyl sites for hydroxylation is 1. The zero-order valence-corrected chi connectivity index (χ0v) is 12.3. The first-order chi connectivity index (χ1) is 10.2. The molecule has 0 amide bonds. The normalized spacial score (nSPS) is 14.4. The molecule has 4 heteroatoms. The summed E-state index contributed by atoms with van der Waals surface area (Å²) in [7, 11) is 1.68. The third kappa shape index (κ3) is 2.60. The molecule has 4 nitrogen and oxygen atoms in total. The first-order valence-corrected chi connectivity index (χ1v) is 7.09. The minimum Gasteiger partial charge on any atom is -0.496 e. The van der Waals surface area contributed by atoms with Crippen LogP contribution in [-0.4, -0.2) is 13.7 Å². The zero-order valence-electron chi connectivity index (χ0n) is 12.3. The van der Waals surface area contributed by atoms with Gasteiger partial charge in [0.1, 0.15) is 11.5 Å². The molecule has 2 aromatic carbocycles. The van der Waals surface area contributed by atoms with Gasteiger partial charge in [-0.3, -0.25) is 5.84 Å². The predicted molar refractivity (Wildman–Crippen MR) is 82.5 cm³/mol. The lowest BCUT2D eigenvalue weighted by Gasteiger charge is -2.19. The molecule has 0 aliphatic carbocycles. The van der Waals surface area contributed by atoms with E-state index < -0.39 is 0 Å². The van der Waals surface area contributed by atoms with Gasteiger partial charge in [-0.15, -0.1) is 0 Å². The zero-order chi connectivity index (χ0) is 14.8. The molecule has 21 heavy (non-hydrogen) atoms. The van der Waals surface area contributed by atoms with Crippen LogP contribution in [0, 0.1) is 6.92 Å². The fourth-order valence-electron chi connectivity index (χ4n) is 2.85. The first kappa shape index (κ1) is 13.9. The SMILES string of the molecule is COc1ccc(C(NN)c2ccc3c(c2)CCO3)cc1C. The summed E-state index contributed by atoms with van der Waals surface area (Å²) in [6.45, 7) is 2.80. The van der Waals surface area contributed by atoms with Crippen LogP contribution in [0.3, 0.4) is 0 Å². The third-order valence-electron chi connectivity index (χ3n) is 3.97. The maximum absolute atomic E-state index is 5.79. The number of methoxy groups -OCH3 is 1. The quantitative estimate of drug-likeness (QED) is 0.669. The smallest absolute Gasteiger partial charge is 0.122 e. The van der Waals surface area contributed by atoms with Gasteiger partial charge < -0.3 is 9.47 Å². The number of nitrogens with one attached hydrogen (secondary N) is 1. The molecule has 0 aromatic heterocycles. The van der Waals surface area contributed by atoms with Crippen molar-refractivity contribution in [2.45, 2.75) is 19.4 Å². The van der Waals surface area contributed by atoms with Crippen molar-refractivity contribution in [2.24, 2.45) is 5.84 Å². The molecule has 1 aliphatic heterocycles. The van der Waals surface area contributed by atoms with Crippen molar-refractivity contribution in [3.8, 4) is 11.5 Å². The summed E-state index contributed by atoms with van der Waals surface area (Å²) in [4.78, 5) is 0. The van der Waals surface area contributed by atoms with Crippen molar-refractivity contribution in [1.29, 1.82) is 0 Å². The van der Waals surface area contributed by atoms with Crippen LogP contribution in [0.4, 0.5) is 0 Å². The van der Waals surface area contributed by atoms with Gasteiger partial charge >= 0.3 is 0 Å². The van der Waals surface area contributed by atoms with E-state index in [-0.39, 0.29) is 6.04 Å². The highest BCUT2D eigenvalue weighted by atomic mass is 16.5. The van der Waals surface area contributed by atoms with Gasteiger partial charge in [-0.1, -0.05) is 24.3 Å². The molecule has 110 valence electrons. The van der Waals surface area contributed by atoms with E-state index in [9.17, 15) is 0 Å². The number of hydrogen-bond donors (Lipinski definition) is 2. The Morgan fingerprint density at radius 1 is 1.19 bits per heavy atom. The van der Waals surface area contributed by atoms with Crippen LogP contribution in [0.1, 0.15) is 28.3 Å². The number of benzene rings is 2. The molecular weight excluding hydrogens is 264 g/mol. The van der Waals surface area contributed by atoms with Gasteiger partial charge in [0, 0.05) is 6.42 Å². The van der Waals surface area contributed by atoms with Gasteiger partial charge in [-0.2, -0.15) is 0 Å². The van der Waals surface area contributed by atoms with Crippen LogP contribution in [0.5, 0.6) is 11.5 Å². The minimum atomic E-state index is -0.0412. The molecule has 1 aliphatic rings. The summed E-state index contributed by atoms with van der Waals surface area (Å²) >= 11 is 0. The lowest BCUT2D eigenvalue weighted by molar-refractivity contribution is 0.357. The van der Waals surface area contributed by atoms with Gasteiger partial charge in [-0.05, 0) is 41.3 Å². The number of rotatable bonds is 4. The molecule has 1 atom stereocenters. The third-order valence-corrected chi connectivity index (χ3v) is 3.97. The fraction of sp³-hybridized carbons (Fsp3) is 0.294. The van der Waals surface area contributed by atoms with E-state index in [1.807, 2.05) is 25.1 Å². The number of hydrogen-bond acceptors (Lipinski definition) is 4. The number of ether oxygens (including phenoxy) is 2. The molecule has 0 bridgehead atoms. The lowest BCUT2D eigenvalue weighted by Crippen LogP contribution is -2.29. The van der Waals surface area contributed by atoms with Crippen LogP contribution < -0.4 is 20.7 Å². The van der Waals surface area contributed by atoms with Gasteiger partial charge in [0.15, 0.2) is 0 Å². The molecule has 0 spiro atoms. The number of hydrazine groups is 1. The van der Waals surface area contributed by atoms with Crippen LogP contribution >= 0.6 is 0 Å². The maximum Gasteiger partial charge on any atom is 0.122 e. The Hall–Kier alpha value is -2.04. The Morgan fingerprint density at radius 2 is 1.95 bits per heavy atom. The maximum atomic E-state index is 5.79. The fourth-order valence-corrected chi connectivity index (χ4v) is 2.85. The van der Waals surface area contributed by atoms with Crippen molar-refractivity contribution < 1.29 is 9.47 Å². The van der Waals surface area contributed by atoms with E-state index in [0.29, 0.717) is 0 Å². The molecule has 1 heterocycles. The van der Waals surface area contributed by atoms with Crippen molar-refractivity contribution in [2.75, 3.05) is 13.7 Å². The Balaban J connectivity index is 1.96. The predicted octanol–water partition coefficient (Wildman–Crippen LogP) is 2.49. The van der Waals surface area contributed by atoms with Crippen LogP contribution in [0.2, 0.25) is 0 Å². The minimum absolute atomic E-state index is 0.0412. The first-order valence-electron chi connectivity index (χ1n) is 7.09. The van der Waals surface area contributed by atoms with Gasteiger partial charge in [0.2, 0.25) is 0 Å². The second kappa shape index (κ2) is 5.76. The van der Waals surface area contributed by atoms with E-state index in [0.717, 1.165) is 41.2 Å². The van der Waals surface area contributed by atoms with Crippen LogP contribution in [-0.2, 0) is 6.42 Å². The number of fused-ring (bicyclic) bond motifs is 1. The highest BCUT2D eigenvalue weighted by Gasteiger charge is 2.18. The second-order valence-corrected chi connectivity index (χ2v) is 5.29. The second-order valence-electron chi connectivity index (χ2n) is 5.29. The molecule has 3 rings (SSSR count). The molecule has 3 N–H and O–H groups in total. The highest BCUT2D eigenvalue weighted by molar-refractivity contribution is 5.45. The average molecular weight is 284 g/mol. The molecular formula is C17H20N2O2. The Kier molecular flexibility index (Phi) is 3.82. The van der Waals surface area contributed by atoms with Crippen LogP contribution in [0.25, 0.3) is 0 Å². The molecule has 0 saturated carbocycles. The molecule has 0 saturated heterocycles. The van der Waals surface area contributed by atoms with Crippen molar-refractivity contribution in [1.82, 2.24) is 5.43 Å². The van der Waals surface area contributed by atoms with E-state index in [4.69, 9.17) is 15.3 Å². The Labute approximate surface area is 124 Å². The Bertz CT molecular complexity index is 655. The van der Waals surface area contributed by atoms with E-state index in [1.54, 1.807) is 7.11 Å².